The number of hydrogen-bond acceptors (Lipinski definition) is 7. The van der Waals surface area contributed by atoms with Crippen molar-refractivity contribution in [3.63, 3.8) is 0 Å². The molecule has 2 aromatic carbocycles. The second-order valence-electron chi connectivity index (χ2n) is 12.7. The molecule has 1 aromatic heterocycles. The summed E-state index contributed by atoms with van der Waals surface area (Å²) in [4.78, 5) is 59.7. The summed E-state index contributed by atoms with van der Waals surface area (Å²) in [6.07, 6.45) is 2.67. The predicted octanol–water partition coefficient (Wildman–Crippen LogP) is 4.05. The number of nitrogens with two attached hydrogens (primary N) is 1. The molecule has 0 fully saturated rings. The lowest BCUT2D eigenvalue weighted by molar-refractivity contribution is -0.164. The minimum atomic E-state index is -1.21. The second kappa shape index (κ2) is 15.3. The van der Waals surface area contributed by atoms with Gasteiger partial charge in [-0.25, -0.2) is 4.79 Å². The van der Waals surface area contributed by atoms with Gasteiger partial charge >= 0.3 is 5.97 Å². The normalized spacial score (nSPS) is 28.4. The molecule has 0 bridgehead atoms. The number of likely N-dealkylation sites (N-methyl/N-ethyl adjacent to an activating group) is 1. The molecular weight excluding hydrogens is 598 g/mol. The highest BCUT2D eigenvalue weighted by atomic mass is 16.6. The molecule has 0 unspecified atom stereocenters. The number of rotatable bonds is 4. The Hall–Kier alpha value is -4.64. The third kappa shape index (κ3) is 8.40. The van der Waals surface area contributed by atoms with Crippen molar-refractivity contribution in [2.24, 2.45) is 11.8 Å². The Bertz CT molecular complexity index is 1620. The van der Waals surface area contributed by atoms with Gasteiger partial charge in [0.15, 0.2) is 6.10 Å². The van der Waals surface area contributed by atoms with Gasteiger partial charge in [-0.05, 0) is 56.5 Å². The molecule has 47 heavy (non-hydrogen) atoms. The number of benzene rings is 2. The van der Waals surface area contributed by atoms with E-state index in [4.69, 9.17) is 15.2 Å². The zero-order valence-corrected chi connectivity index (χ0v) is 28.2. The number of methoxy groups -OCH3 is 1. The van der Waals surface area contributed by atoms with E-state index in [1.807, 2.05) is 50.4 Å². The molecule has 252 valence electrons. The van der Waals surface area contributed by atoms with Crippen molar-refractivity contribution in [1.29, 1.82) is 0 Å². The summed E-state index contributed by atoms with van der Waals surface area (Å²) in [5.74, 6) is -2.47. The number of allylic oxidation sites excluding steroid dienone is 1. The van der Waals surface area contributed by atoms with E-state index in [0.29, 0.717) is 17.7 Å². The predicted molar refractivity (Wildman–Crippen MR) is 181 cm³/mol. The van der Waals surface area contributed by atoms with Crippen LogP contribution in [0.3, 0.4) is 0 Å². The largest absolute Gasteiger partial charge is 0.460 e. The number of ether oxygens (including phenoxy) is 2. The Morgan fingerprint density at radius 1 is 0.957 bits per heavy atom. The molecule has 3 aromatic rings. The summed E-state index contributed by atoms with van der Waals surface area (Å²) in [5, 5.41) is 6.76. The maximum atomic E-state index is 14.4. The Balaban J connectivity index is 1.80. The van der Waals surface area contributed by atoms with Gasteiger partial charge in [-0.1, -0.05) is 55.8 Å². The lowest BCUT2D eigenvalue weighted by atomic mass is 9.95. The molecule has 0 radical (unpaired) electrons. The van der Waals surface area contributed by atoms with E-state index >= 15 is 0 Å². The number of H-pyrrole nitrogens is 1. The molecule has 11 heteroatoms. The maximum absolute atomic E-state index is 14.4. The van der Waals surface area contributed by atoms with Crippen LogP contribution in [0.15, 0.2) is 66.4 Å². The number of carbonyl (C=O) groups is 4. The van der Waals surface area contributed by atoms with Crippen molar-refractivity contribution in [2.45, 2.75) is 77.8 Å². The fraction of sp³-hybridized carbons (Fsp3) is 0.444. The van der Waals surface area contributed by atoms with E-state index in [0.717, 1.165) is 22.0 Å². The highest BCUT2D eigenvalue weighted by Crippen LogP contribution is 2.26. The number of anilines is 1. The third-order valence-electron chi connectivity index (χ3n) is 8.98. The molecule has 0 aliphatic carbocycles. The number of aromatic amines is 1. The van der Waals surface area contributed by atoms with Crippen LogP contribution in [-0.4, -0.2) is 72.0 Å². The molecule has 0 saturated heterocycles. The molecule has 5 N–H and O–H groups in total. The standard InChI is InChI=1S/C36H47N5O6/c1-20-16-21(2)24(5)47-36(45)32(46-7)31(25-12-14-27(37)15-13-25)40-34(43)30(18-26-19-38-29-11-9-8-10-28(26)29)41(6)35(44)23(4)39-33(42)22(3)17-20/h8-16,19,21-24,30-32,38H,17-18,37H2,1-7H3,(H,39,42)(H,40,43)/b20-16+/t21-,22+,23+,24-,30-,31-,32+/m1/s1. The average molecular weight is 646 g/mol. The van der Waals surface area contributed by atoms with Gasteiger partial charge in [0, 0.05) is 55.2 Å². The van der Waals surface area contributed by atoms with Gasteiger partial charge in [-0.2, -0.15) is 0 Å². The van der Waals surface area contributed by atoms with Crippen LogP contribution >= 0.6 is 0 Å². The molecule has 4 rings (SSSR count). The van der Waals surface area contributed by atoms with E-state index in [1.165, 1.54) is 12.0 Å². The minimum Gasteiger partial charge on any atom is -0.460 e. The highest BCUT2D eigenvalue weighted by Gasteiger charge is 2.38. The van der Waals surface area contributed by atoms with Crippen LogP contribution in [0.4, 0.5) is 5.69 Å². The van der Waals surface area contributed by atoms with Crippen LogP contribution in [0.5, 0.6) is 0 Å². The Morgan fingerprint density at radius 3 is 2.32 bits per heavy atom. The van der Waals surface area contributed by atoms with Crippen LogP contribution in [-0.2, 0) is 35.1 Å². The number of aromatic nitrogens is 1. The van der Waals surface area contributed by atoms with Crippen molar-refractivity contribution in [3.8, 4) is 0 Å². The van der Waals surface area contributed by atoms with Crippen molar-refractivity contribution in [1.82, 2.24) is 20.5 Å². The van der Waals surface area contributed by atoms with E-state index < -0.39 is 54.0 Å². The maximum Gasteiger partial charge on any atom is 0.338 e. The summed E-state index contributed by atoms with van der Waals surface area (Å²) in [6, 6.07) is 11.6. The monoisotopic (exact) mass is 645 g/mol. The SMILES string of the molecule is CO[C@@H]1C(=O)O[C@H](C)[C@H](C)/C=C(\C)C[C@H](C)C(=O)N[C@@H](C)C(=O)N(C)[C@H](Cc2c[nH]c3ccccc23)C(=O)N[C@@H]1c1ccc(N)cc1. The lowest BCUT2D eigenvalue weighted by Crippen LogP contribution is -2.56. The molecule has 2 heterocycles. The molecule has 7 atom stereocenters. The second-order valence-corrected chi connectivity index (χ2v) is 12.7. The zero-order valence-electron chi connectivity index (χ0n) is 28.2. The summed E-state index contributed by atoms with van der Waals surface area (Å²) in [7, 11) is 2.93. The van der Waals surface area contributed by atoms with E-state index in [1.54, 1.807) is 52.1 Å². The number of amides is 3. The number of fused-ring (bicyclic) bond motifs is 1. The first-order valence-electron chi connectivity index (χ1n) is 16.0. The summed E-state index contributed by atoms with van der Waals surface area (Å²) >= 11 is 0. The molecular formula is C36H47N5O6. The minimum absolute atomic E-state index is 0.157. The van der Waals surface area contributed by atoms with Gasteiger partial charge in [0.2, 0.25) is 17.7 Å². The number of cyclic esters (lactones) is 1. The fourth-order valence-corrected chi connectivity index (χ4v) is 6.03. The molecule has 1 aliphatic heterocycles. The number of hydrogen-bond donors (Lipinski definition) is 4. The van der Waals surface area contributed by atoms with E-state index in [2.05, 4.69) is 15.6 Å². The van der Waals surface area contributed by atoms with E-state index in [9.17, 15) is 19.2 Å². The van der Waals surface area contributed by atoms with Gasteiger partial charge < -0.3 is 35.7 Å². The molecule has 0 saturated carbocycles. The molecule has 1 aliphatic rings. The number of nitrogen functional groups attached to an aromatic ring is 1. The van der Waals surface area contributed by atoms with Crippen LogP contribution in [0.1, 0.15) is 58.2 Å². The van der Waals surface area contributed by atoms with E-state index in [-0.39, 0.29) is 18.2 Å². The van der Waals surface area contributed by atoms with Gasteiger partial charge in [0.1, 0.15) is 18.2 Å². The summed E-state index contributed by atoms with van der Waals surface area (Å²) in [6.45, 7) is 9.06. The number of carbonyl (C=O) groups excluding carboxylic acids is 4. The van der Waals surface area contributed by atoms with Gasteiger partial charge in [-0.3, -0.25) is 14.4 Å². The quantitative estimate of drug-likeness (QED) is 0.190. The first kappa shape index (κ1) is 35.2. The smallest absolute Gasteiger partial charge is 0.338 e. The Labute approximate surface area is 276 Å². The van der Waals surface area contributed by atoms with Crippen LogP contribution < -0.4 is 16.4 Å². The van der Waals surface area contributed by atoms with Crippen molar-refractivity contribution in [2.75, 3.05) is 19.9 Å². The molecule has 11 nitrogen and oxygen atoms in total. The van der Waals surface area contributed by atoms with Crippen LogP contribution in [0.25, 0.3) is 10.9 Å². The highest BCUT2D eigenvalue weighted by molar-refractivity contribution is 5.93. The Morgan fingerprint density at radius 2 is 1.64 bits per heavy atom. The zero-order chi connectivity index (χ0) is 34.4. The summed E-state index contributed by atoms with van der Waals surface area (Å²) in [5.41, 5.74) is 9.70. The van der Waals surface area contributed by atoms with Crippen LogP contribution in [0.2, 0.25) is 0 Å². The first-order chi connectivity index (χ1) is 22.3. The number of nitrogens with one attached hydrogen (secondary N) is 3. The molecule has 3 amide bonds. The lowest BCUT2D eigenvalue weighted by Gasteiger charge is -2.33. The van der Waals surface area contributed by atoms with Crippen LogP contribution in [0, 0.1) is 11.8 Å². The number of para-hydroxylation sites is 1. The third-order valence-corrected chi connectivity index (χ3v) is 8.98. The van der Waals surface area contributed by atoms with Gasteiger partial charge in [0.25, 0.3) is 0 Å². The Kier molecular flexibility index (Phi) is 11.5. The molecule has 0 spiro atoms. The topological polar surface area (TPSA) is 156 Å². The first-order valence-corrected chi connectivity index (χ1v) is 16.0. The number of nitrogens with zero attached hydrogens (tertiary/aromatic N) is 1. The van der Waals surface area contributed by atoms with Crippen molar-refractivity contribution >= 4 is 40.3 Å². The number of esters is 1. The fourth-order valence-electron chi connectivity index (χ4n) is 6.03. The summed E-state index contributed by atoms with van der Waals surface area (Å²) < 4.78 is 11.6. The van der Waals surface area contributed by atoms with Gasteiger partial charge in [0.05, 0.1) is 6.04 Å². The average Bonchev–Trinajstić information content (AvgIpc) is 3.45. The van der Waals surface area contributed by atoms with Crippen molar-refractivity contribution in [3.05, 3.63) is 77.5 Å². The van der Waals surface area contributed by atoms with Gasteiger partial charge in [-0.15, -0.1) is 0 Å². The van der Waals surface area contributed by atoms with Crippen molar-refractivity contribution < 1.29 is 28.7 Å².